The number of piperidine rings is 1. The average Bonchev–Trinajstić information content (AvgIpc) is 2.89. The predicted octanol–water partition coefficient (Wildman–Crippen LogP) is 2.34. The van der Waals surface area contributed by atoms with Crippen LogP contribution in [0.15, 0.2) is 28.8 Å². The normalized spacial score (nSPS) is 16.9. The van der Waals surface area contributed by atoms with E-state index in [2.05, 4.69) is 15.5 Å². The molecule has 0 saturated carbocycles. The number of halogens is 1. The quantitative estimate of drug-likeness (QED) is 0.885. The summed E-state index contributed by atoms with van der Waals surface area (Å²) in [5.41, 5.74) is 0.627. The molecule has 1 aliphatic heterocycles. The summed E-state index contributed by atoms with van der Waals surface area (Å²) in [5.74, 6) is 1.17. The van der Waals surface area contributed by atoms with E-state index in [0.717, 1.165) is 31.8 Å². The molecule has 0 radical (unpaired) electrons. The van der Waals surface area contributed by atoms with Crippen molar-refractivity contribution >= 4 is 0 Å². The van der Waals surface area contributed by atoms with Crippen LogP contribution in [-0.4, -0.2) is 23.2 Å². The van der Waals surface area contributed by atoms with Gasteiger partial charge in [-0.05, 0) is 44.1 Å². The summed E-state index contributed by atoms with van der Waals surface area (Å²) in [6.45, 7) is 1.96. The van der Waals surface area contributed by atoms with Gasteiger partial charge in [0.25, 0.3) is 5.89 Å². The molecule has 0 amide bonds. The van der Waals surface area contributed by atoms with E-state index in [-0.39, 0.29) is 5.82 Å². The third kappa shape index (κ3) is 2.26. The molecule has 1 aromatic heterocycles. The lowest BCUT2D eigenvalue weighted by Gasteiger charge is -2.18. The molecule has 1 aromatic carbocycles. The van der Waals surface area contributed by atoms with Crippen molar-refractivity contribution in [3.63, 3.8) is 0 Å². The fourth-order valence-corrected chi connectivity index (χ4v) is 2.22. The lowest BCUT2D eigenvalue weighted by atomic mass is 9.98. The maximum Gasteiger partial charge on any atom is 0.258 e. The van der Waals surface area contributed by atoms with Gasteiger partial charge in [0.15, 0.2) is 5.82 Å². The van der Waals surface area contributed by atoms with Crippen LogP contribution < -0.4 is 5.32 Å². The minimum atomic E-state index is -0.297. The Labute approximate surface area is 104 Å². The van der Waals surface area contributed by atoms with E-state index < -0.39 is 0 Å². The highest BCUT2D eigenvalue weighted by Gasteiger charge is 2.21. The van der Waals surface area contributed by atoms with Crippen molar-refractivity contribution in [3.05, 3.63) is 35.9 Å². The topological polar surface area (TPSA) is 51.0 Å². The van der Waals surface area contributed by atoms with Crippen LogP contribution >= 0.6 is 0 Å². The Kier molecular flexibility index (Phi) is 3.06. The molecule has 5 heteroatoms. The monoisotopic (exact) mass is 247 g/mol. The van der Waals surface area contributed by atoms with Crippen molar-refractivity contribution in [2.45, 2.75) is 18.8 Å². The number of nitrogens with zero attached hydrogens (tertiary/aromatic N) is 2. The van der Waals surface area contributed by atoms with Gasteiger partial charge < -0.3 is 9.84 Å². The Bertz CT molecular complexity index is 535. The van der Waals surface area contributed by atoms with Gasteiger partial charge >= 0.3 is 0 Å². The molecule has 0 spiro atoms. The van der Waals surface area contributed by atoms with E-state index in [1.165, 1.54) is 12.1 Å². The molecule has 94 valence electrons. The van der Waals surface area contributed by atoms with Crippen molar-refractivity contribution in [3.8, 4) is 11.5 Å². The zero-order valence-electron chi connectivity index (χ0n) is 9.90. The second kappa shape index (κ2) is 4.86. The van der Waals surface area contributed by atoms with Crippen LogP contribution in [0.25, 0.3) is 11.5 Å². The molecule has 2 aromatic rings. The zero-order chi connectivity index (χ0) is 12.4. The standard InChI is InChI=1S/C13H14FN3O/c14-11-3-1-2-10(8-11)13-16-12(17-18-13)9-4-6-15-7-5-9/h1-3,8-9,15H,4-7H2. The summed E-state index contributed by atoms with van der Waals surface area (Å²) in [6, 6.07) is 6.20. The van der Waals surface area contributed by atoms with Gasteiger partial charge in [-0.2, -0.15) is 4.98 Å². The molecule has 3 rings (SSSR count). The van der Waals surface area contributed by atoms with E-state index in [9.17, 15) is 4.39 Å². The molecule has 0 atom stereocenters. The van der Waals surface area contributed by atoms with Crippen LogP contribution in [0.2, 0.25) is 0 Å². The summed E-state index contributed by atoms with van der Waals surface area (Å²) in [7, 11) is 0. The summed E-state index contributed by atoms with van der Waals surface area (Å²) < 4.78 is 18.3. The first-order valence-corrected chi connectivity index (χ1v) is 6.13. The van der Waals surface area contributed by atoms with Crippen LogP contribution in [-0.2, 0) is 0 Å². The van der Waals surface area contributed by atoms with Gasteiger partial charge in [0.05, 0.1) is 0 Å². The lowest BCUT2D eigenvalue weighted by molar-refractivity contribution is 0.392. The fraction of sp³-hybridized carbons (Fsp3) is 0.385. The Hall–Kier alpha value is -1.75. The van der Waals surface area contributed by atoms with Gasteiger partial charge in [-0.15, -0.1) is 0 Å². The van der Waals surface area contributed by atoms with Crippen molar-refractivity contribution in [2.24, 2.45) is 0 Å². The summed E-state index contributed by atoms with van der Waals surface area (Å²) >= 11 is 0. The van der Waals surface area contributed by atoms with Crippen LogP contribution in [0.4, 0.5) is 4.39 Å². The van der Waals surface area contributed by atoms with Crippen molar-refractivity contribution < 1.29 is 8.91 Å². The minimum absolute atomic E-state index is 0.297. The van der Waals surface area contributed by atoms with E-state index >= 15 is 0 Å². The smallest absolute Gasteiger partial charge is 0.258 e. The Morgan fingerprint density at radius 3 is 2.89 bits per heavy atom. The van der Waals surface area contributed by atoms with Crippen LogP contribution in [0.1, 0.15) is 24.6 Å². The third-order valence-corrected chi connectivity index (χ3v) is 3.22. The highest BCUT2D eigenvalue weighted by molar-refractivity contribution is 5.52. The number of rotatable bonds is 2. The highest BCUT2D eigenvalue weighted by atomic mass is 19.1. The molecule has 2 heterocycles. The fourth-order valence-electron chi connectivity index (χ4n) is 2.22. The van der Waals surface area contributed by atoms with E-state index in [1.54, 1.807) is 12.1 Å². The van der Waals surface area contributed by atoms with Crippen LogP contribution in [0.5, 0.6) is 0 Å². The molecule has 0 bridgehead atoms. The first-order valence-electron chi connectivity index (χ1n) is 6.13. The van der Waals surface area contributed by atoms with Crippen molar-refractivity contribution in [1.29, 1.82) is 0 Å². The molecule has 1 fully saturated rings. The predicted molar refractivity (Wildman–Crippen MR) is 64.5 cm³/mol. The van der Waals surface area contributed by atoms with Gasteiger partial charge in [-0.25, -0.2) is 4.39 Å². The maximum atomic E-state index is 13.1. The lowest BCUT2D eigenvalue weighted by Crippen LogP contribution is -2.27. The Morgan fingerprint density at radius 2 is 2.11 bits per heavy atom. The summed E-state index contributed by atoms with van der Waals surface area (Å²) in [4.78, 5) is 4.37. The third-order valence-electron chi connectivity index (χ3n) is 3.22. The SMILES string of the molecule is Fc1cccc(-c2nc(C3CCNCC3)no2)c1. The van der Waals surface area contributed by atoms with Gasteiger partial charge in [-0.1, -0.05) is 11.2 Å². The van der Waals surface area contributed by atoms with E-state index in [1.807, 2.05) is 0 Å². The van der Waals surface area contributed by atoms with Crippen molar-refractivity contribution in [1.82, 2.24) is 15.5 Å². The second-order valence-corrected chi connectivity index (χ2v) is 4.49. The maximum absolute atomic E-state index is 13.1. The van der Waals surface area contributed by atoms with Gasteiger partial charge in [0, 0.05) is 11.5 Å². The highest BCUT2D eigenvalue weighted by Crippen LogP contribution is 2.25. The molecule has 0 unspecified atom stereocenters. The number of nitrogens with one attached hydrogen (secondary N) is 1. The van der Waals surface area contributed by atoms with Crippen LogP contribution in [0, 0.1) is 5.82 Å². The van der Waals surface area contributed by atoms with E-state index in [0.29, 0.717) is 17.4 Å². The Morgan fingerprint density at radius 1 is 1.28 bits per heavy atom. The molecule has 1 N–H and O–H groups in total. The second-order valence-electron chi connectivity index (χ2n) is 4.49. The van der Waals surface area contributed by atoms with Gasteiger partial charge in [-0.3, -0.25) is 0 Å². The zero-order valence-corrected chi connectivity index (χ0v) is 9.90. The minimum Gasteiger partial charge on any atom is -0.334 e. The molecule has 4 nitrogen and oxygen atoms in total. The van der Waals surface area contributed by atoms with E-state index in [4.69, 9.17) is 4.52 Å². The number of hydrogen-bond acceptors (Lipinski definition) is 4. The number of aromatic nitrogens is 2. The number of benzene rings is 1. The first-order chi connectivity index (χ1) is 8.83. The molecular formula is C13H14FN3O. The number of hydrogen-bond donors (Lipinski definition) is 1. The van der Waals surface area contributed by atoms with Gasteiger partial charge in [0.1, 0.15) is 5.82 Å². The Balaban J connectivity index is 1.84. The van der Waals surface area contributed by atoms with Gasteiger partial charge in [0.2, 0.25) is 0 Å². The molecule has 1 aliphatic rings. The summed E-state index contributed by atoms with van der Waals surface area (Å²) in [5, 5.41) is 7.30. The van der Waals surface area contributed by atoms with Crippen molar-refractivity contribution in [2.75, 3.05) is 13.1 Å². The molecular weight excluding hydrogens is 233 g/mol. The van der Waals surface area contributed by atoms with Crippen LogP contribution in [0.3, 0.4) is 0 Å². The molecule has 1 saturated heterocycles. The molecule has 0 aliphatic carbocycles. The molecule has 18 heavy (non-hydrogen) atoms. The largest absolute Gasteiger partial charge is 0.334 e. The first kappa shape index (κ1) is 11.3. The summed E-state index contributed by atoms with van der Waals surface area (Å²) in [6.07, 6.45) is 2.03. The average molecular weight is 247 g/mol.